The van der Waals surface area contributed by atoms with Crippen molar-refractivity contribution in [2.75, 3.05) is 18.5 Å². The third kappa shape index (κ3) is 3.90. The summed E-state index contributed by atoms with van der Waals surface area (Å²) >= 11 is 1.71. The SMILES string of the molecule is CCC(CC)(CNS(=O)(=O)c1ccc(C)c(N)c1)SC. The van der Waals surface area contributed by atoms with Crippen LogP contribution >= 0.6 is 11.8 Å². The van der Waals surface area contributed by atoms with Crippen molar-refractivity contribution in [3.63, 3.8) is 0 Å². The fourth-order valence-corrected chi connectivity index (χ4v) is 4.00. The van der Waals surface area contributed by atoms with E-state index in [0.717, 1.165) is 18.4 Å². The number of nitrogens with one attached hydrogen (secondary N) is 1. The van der Waals surface area contributed by atoms with Crippen LogP contribution in [-0.4, -0.2) is 26.0 Å². The summed E-state index contributed by atoms with van der Waals surface area (Å²) in [5, 5.41) is 0. The van der Waals surface area contributed by atoms with Gasteiger partial charge in [0, 0.05) is 17.0 Å². The predicted octanol–water partition coefficient (Wildman–Crippen LogP) is 2.78. The van der Waals surface area contributed by atoms with Gasteiger partial charge in [-0.15, -0.1) is 0 Å². The molecule has 0 radical (unpaired) electrons. The van der Waals surface area contributed by atoms with Gasteiger partial charge in [-0.05, 0) is 43.7 Å². The molecule has 0 spiro atoms. The molecule has 0 heterocycles. The molecule has 20 heavy (non-hydrogen) atoms. The monoisotopic (exact) mass is 316 g/mol. The summed E-state index contributed by atoms with van der Waals surface area (Å²) in [7, 11) is -3.51. The fourth-order valence-electron chi connectivity index (χ4n) is 1.96. The average molecular weight is 316 g/mol. The Morgan fingerprint density at radius 3 is 2.35 bits per heavy atom. The predicted molar refractivity (Wildman–Crippen MR) is 87.6 cm³/mol. The van der Waals surface area contributed by atoms with Crippen molar-refractivity contribution >= 4 is 27.5 Å². The van der Waals surface area contributed by atoms with E-state index in [4.69, 9.17) is 5.73 Å². The van der Waals surface area contributed by atoms with Gasteiger partial charge in [-0.1, -0.05) is 19.9 Å². The summed E-state index contributed by atoms with van der Waals surface area (Å²) in [4.78, 5) is 0.225. The van der Waals surface area contributed by atoms with Gasteiger partial charge < -0.3 is 5.73 Å². The van der Waals surface area contributed by atoms with Gasteiger partial charge in [-0.2, -0.15) is 11.8 Å². The number of rotatable bonds is 7. The lowest BCUT2D eigenvalue weighted by molar-refractivity contribution is 0.522. The van der Waals surface area contributed by atoms with Gasteiger partial charge in [0.2, 0.25) is 10.0 Å². The van der Waals surface area contributed by atoms with E-state index in [1.165, 1.54) is 6.07 Å². The highest BCUT2D eigenvalue weighted by Gasteiger charge is 2.27. The Kier molecular flexibility index (Phi) is 5.91. The van der Waals surface area contributed by atoms with E-state index < -0.39 is 10.0 Å². The molecule has 0 aliphatic rings. The van der Waals surface area contributed by atoms with Crippen LogP contribution in [0.25, 0.3) is 0 Å². The average Bonchev–Trinajstić information content (AvgIpc) is 2.44. The highest BCUT2D eigenvalue weighted by atomic mass is 32.2. The van der Waals surface area contributed by atoms with Crippen LogP contribution in [0.5, 0.6) is 0 Å². The molecule has 0 bridgehead atoms. The van der Waals surface area contributed by atoms with Crippen LogP contribution in [0, 0.1) is 6.92 Å². The molecular weight excluding hydrogens is 292 g/mol. The number of aryl methyl sites for hydroxylation is 1. The molecule has 114 valence electrons. The van der Waals surface area contributed by atoms with Crippen LogP contribution in [-0.2, 0) is 10.0 Å². The second kappa shape index (κ2) is 6.83. The molecule has 3 N–H and O–H groups in total. The molecule has 6 heteroatoms. The van der Waals surface area contributed by atoms with Gasteiger partial charge in [0.05, 0.1) is 4.90 Å². The minimum absolute atomic E-state index is 0.0523. The molecule has 0 aliphatic heterocycles. The van der Waals surface area contributed by atoms with E-state index in [-0.39, 0.29) is 9.64 Å². The first-order valence-corrected chi connectivity index (χ1v) is 9.42. The number of thioether (sulfide) groups is 1. The van der Waals surface area contributed by atoms with E-state index in [0.29, 0.717) is 12.2 Å². The quantitative estimate of drug-likeness (QED) is 0.759. The van der Waals surface area contributed by atoms with E-state index >= 15 is 0 Å². The molecule has 0 saturated heterocycles. The summed E-state index contributed by atoms with van der Waals surface area (Å²) < 4.78 is 27.3. The van der Waals surface area contributed by atoms with Crippen molar-refractivity contribution < 1.29 is 8.42 Å². The molecule has 0 unspecified atom stereocenters. The van der Waals surface area contributed by atoms with Crippen LogP contribution in [0.15, 0.2) is 23.1 Å². The Bertz CT molecular complexity index is 544. The number of anilines is 1. The van der Waals surface area contributed by atoms with Crippen molar-refractivity contribution in [2.24, 2.45) is 0 Å². The van der Waals surface area contributed by atoms with Gasteiger partial charge in [-0.25, -0.2) is 13.1 Å². The summed E-state index contributed by atoms with van der Waals surface area (Å²) in [5.74, 6) is 0. The maximum Gasteiger partial charge on any atom is 0.240 e. The van der Waals surface area contributed by atoms with E-state index in [1.54, 1.807) is 23.9 Å². The second-order valence-electron chi connectivity index (χ2n) is 4.94. The van der Waals surface area contributed by atoms with Gasteiger partial charge in [0.1, 0.15) is 0 Å². The van der Waals surface area contributed by atoms with E-state index in [1.807, 2.05) is 13.2 Å². The molecule has 0 fully saturated rings. The van der Waals surface area contributed by atoms with Crippen LogP contribution in [0.4, 0.5) is 5.69 Å². The topological polar surface area (TPSA) is 72.2 Å². The van der Waals surface area contributed by atoms with Crippen molar-refractivity contribution in [3.05, 3.63) is 23.8 Å². The minimum Gasteiger partial charge on any atom is -0.398 e. The third-order valence-corrected chi connectivity index (χ3v) is 6.85. The maximum atomic E-state index is 12.3. The lowest BCUT2D eigenvalue weighted by Crippen LogP contribution is -2.39. The number of nitrogens with two attached hydrogens (primary N) is 1. The molecule has 0 saturated carbocycles. The standard InChI is InChI=1S/C14H24N2O2S2/c1-5-14(6-2,19-4)10-16-20(17,18)12-8-7-11(3)13(15)9-12/h7-9,16H,5-6,10,15H2,1-4H3. The first-order chi connectivity index (χ1) is 9.30. The zero-order valence-electron chi connectivity index (χ0n) is 12.6. The molecule has 0 aromatic heterocycles. The van der Waals surface area contributed by atoms with Crippen LogP contribution in [0.1, 0.15) is 32.3 Å². The number of hydrogen-bond donors (Lipinski definition) is 2. The molecule has 0 aliphatic carbocycles. The molecule has 1 rings (SSSR count). The number of nitrogen functional groups attached to an aromatic ring is 1. The summed E-state index contributed by atoms with van der Waals surface area (Å²) in [6, 6.07) is 4.83. The van der Waals surface area contributed by atoms with Crippen molar-refractivity contribution in [1.82, 2.24) is 4.72 Å². The first-order valence-electron chi connectivity index (χ1n) is 6.71. The summed E-state index contributed by atoms with van der Waals surface area (Å²) in [6.45, 7) is 6.44. The normalized spacial score (nSPS) is 12.6. The van der Waals surface area contributed by atoms with Crippen molar-refractivity contribution in [3.8, 4) is 0 Å². The molecule has 4 nitrogen and oxygen atoms in total. The molecule has 1 aromatic carbocycles. The Morgan fingerprint density at radius 2 is 1.90 bits per heavy atom. The highest BCUT2D eigenvalue weighted by Crippen LogP contribution is 2.30. The lowest BCUT2D eigenvalue weighted by atomic mass is 10.0. The molecular formula is C14H24N2O2S2. The van der Waals surface area contributed by atoms with Gasteiger partial charge >= 0.3 is 0 Å². The molecule has 0 amide bonds. The van der Waals surface area contributed by atoms with E-state index in [9.17, 15) is 8.42 Å². The number of sulfonamides is 1. The highest BCUT2D eigenvalue weighted by molar-refractivity contribution is 8.00. The number of hydrogen-bond acceptors (Lipinski definition) is 4. The van der Waals surface area contributed by atoms with Gasteiger partial charge in [-0.3, -0.25) is 0 Å². The van der Waals surface area contributed by atoms with Crippen LogP contribution in [0.2, 0.25) is 0 Å². The first kappa shape index (κ1) is 17.3. The van der Waals surface area contributed by atoms with Crippen LogP contribution in [0.3, 0.4) is 0 Å². The maximum absolute atomic E-state index is 12.3. The minimum atomic E-state index is -3.51. The summed E-state index contributed by atoms with van der Waals surface area (Å²) in [5.41, 5.74) is 7.16. The Hall–Kier alpha value is -0.720. The van der Waals surface area contributed by atoms with E-state index in [2.05, 4.69) is 18.6 Å². The zero-order valence-corrected chi connectivity index (χ0v) is 14.2. The molecule has 1 aromatic rings. The van der Waals surface area contributed by atoms with Gasteiger partial charge in [0.25, 0.3) is 0 Å². The van der Waals surface area contributed by atoms with Crippen LogP contribution < -0.4 is 10.5 Å². The zero-order chi connectivity index (χ0) is 15.4. The largest absolute Gasteiger partial charge is 0.398 e. The van der Waals surface area contributed by atoms with Gasteiger partial charge in [0.15, 0.2) is 0 Å². The lowest BCUT2D eigenvalue weighted by Gasteiger charge is -2.29. The number of benzene rings is 1. The fraction of sp³-hybridized carbons (Fsp3) is 0.571. The van der Waals surface area contributed by atoms with Crippen molar-refractivity contribution in [2.45, 2.75) is 43.3 Å². The third-order valence-electron chi connectivity index (χ3n) is 3.87. The smallest absolute Gasteiger partial charge is 0.240 e. The second-order valence-corrected chi connectivity index (χ2v) is 7.98. The summed E-state index contributed by atoms with van der Waals surface area (Å²) in [6.07, 6.45) is 3.86. The van der Waals surface area contributed by atoms with Crippen molar-refractivity contribution in [1.29, 1.82) is 0 Å². The Balaban J connectivity index is 2.92. The molecule has 0 atom stereocenters. The Labute approximate surface area is 126 Å². The Morgan fingerprint density at radius 1 is 1.30 bits per heavy atom.